The van der Waals surface area contributed by atoms with E-state index in [4.69, 9.17) is 9.47 Å². The Balaban J connectivity index is 2.00. The number of rotatable bonds is 3. The van der Waals surface area contributed by atoms with Crippen molar-refractivity contribution >= 4 is 31.9 Å². The second-order valence-corrected chi connectivity index (χ2v) is 5.97. The first-order chi connectivity index (χ1) is 8.19. The van der Waals surface area contributed by atoms with Gasteiger partial charge < -0.3 is 9.47 Å². The lowest BCUT2D eigenvalue weighted by molar-refractivity contribution is 0.0192. The molecule has 1 aromatic rings. The zero-order valence-corrected chi connectivity index (χ0v) is 12.8. The number of halogens is 2. The largest absolute Gasteiger partial charge is 0.473 e. The molecule has 1 saturated carbocycles. The fourth-order valence-electron chi connectivity index (χ4n) is 2.07. The van der Waals surface area contributed by atoms with E-state index in [1.54, 1.807) is 13.3 Å². The molecule has 0 aromatic carbocycles. The number of pyridine rings is 1. The molecule has 17 heavy (non-hydrogen) atoms. The van der Waals surface area contributed by atoms with Crippen molar-refractivity contribution in [1.29, 1.82) is 0 Å². The van der Waals surface area contributed by atoms with Gasteiger partial charge in [0.25, 0.3) is 0 Å². The van der Waals surface area contributed by atoms with Crippen LogP contribution in [-0.4, -0.2) is 24.3 Å². The molecule has 0 spiro atoms. The quantitative estimate of drug-likeness (QED) is 0.813. The zero-order valence-electron chi connectivity index (χ0n) is 9.66. The molecule has 5 heteroatoms. The summed E-state index contributed by atoms with van der Waals surface area (Å²) in [6.07, 6.45) is 6.58. The van der Waals surface area contributed by atoms with Crippen molar-refractivity contribution in [3.63, 3.8) is 0 Å². The lowest BCUT2D eigenvalue weighted by Crippen LogP contribution is -2.29. The maximum Gasteiger partial charge on any atom is 0.228 e. The molecule has 0 radical (unpaired) electrons. The van der Waals surface area contributed by atoms with Crippen LogP contribution in [0.3, 0.4) is 0 Å². The molecular weight excluding hydrogens is 350 g/mol. The Morgan fingerprint density at radius 2 is 2.06 bits per heavy atom. The minimum absolute atomic E-state index is 0.207. The van der Waals surface area contributed by atoms with E-state index in [1.165, 1.54) is 0 Å². The van der Waals surface area contributed by atoms with Crippen molar-refractivity contribution in [2.45, 2.75) is 37.9 Å². The Morgan fingerprint density at radius 3 is 2.76 bits per heavy atom. The lowest BCUT2D eigenvalue weighted by atomic mass is 9.95. The molecule has 94 valence electrons. The third kappa shape index (κ3) is 3.66. The van der Waals surface area contributed by atoms with Gasteiger partial charge in [0, 0.05) is 24.2 Å². The summed E-state index contributed by atoms with van der Waals surface area (Å²) in [4.78, 5) is 4.27. The van der Waals surface area contributed by atoms with Crippen LogP contribution >= 0.6 is 31.9 Å². The molecule has 1 aliphatic carbocycles. The molecule has 0 N–H and O–H groups in total. The van der Waals surface area contributed by atoms with Gasteiger partial charge in [0.1, 0.15) is 6.10 Å². The Bertz CT molecular complexity index is 387. The van der Waals surface area contributed by atoms with Crippen LogP contribution in [0.5, 0.6) is 5.88 Å². The van der Waals surface area contributed by atoms with E-state index in [2.05, 4.69) is 36.8 Å². The SMILES string of the molecule is COC1CCCC(Oc2ncc(Br)cc2Br)C1. The lowest BCUT2D eigenvalue weighted by Gasteiger charge is -2.28. The molecule has 0 amide bonds. The summed E-state index contributed by atoms with van der Waals surface area (Å²) in [5, 5.41) is 0. The van der Waals surface area contributed by atoms with Gasteiger partial charge in [-0.25, -0.2) is 4.98 Å². The van der Waals surface area contributed by atoms with Crippen LogP contribution in [0.15, 0.2) is 21.2 Å². The molecule has 2 rings (SSSR count). The molecule has 3 nitrogen and oxygen atoms in total. The topological polar surface area (TPSA) is 31.4 Å². The molecule has 1 fully saturated rings. The fraction of sp³-hybridized carbons (Fsp3) is 0.583. The molecule has 0 saturated heterocycles. The second kappa shape index (κ2) is 6.16. The van der Waals surface area contributed by atoms with Crippen LogP contribution in [0.1, 0.15) is 25.7 Å². The number of nitrogens with zero attached hydrogens (tertiary/aromatic N) is 1. The summed E-state index contributed by atoms with van der Waals surface area (Å²) in [7, 11) is 1.76. The number of aromatic nitrogens is 1. The van der Waals surface area contributed by atoms with E-state index in [9.17, 15) is 0 Å². The van der Waals surface area contributed by atoms with Crippen molar-refractivity contribution in [2.24, 2.45) is 0 Å². The summed E-state index contributed by atoms with van der Waals surface area (Å²) >= 11 is 6.83. The zero-order chi connectivity index (χ0) is 12.3. The highest BCUT2D eigenvalue weighted by Crippen LogP contribution is 2.30. The van der Waals surface area contributed by atoms with Crippen LogP contribution < -0.4 is 4.74 Å². The average molecular weight is 365 g/mol. The highest BCUT2D eigenvalue weighted by atomic mass is 79.9. The van der Waals surface area contributed by atoms with Gasteiger partial charge >= 0.3 is 0 Å². The molecule has 1 aliphatic rings. The van der Waals surface area contributed by atoms with E-state index in [0.29, 0.717) is 12.0 Å². The van der Waals surface area contributed by atoms with Gasteiger partial charge in [-0.2, -0.15) is 0 Å². The summed E-state index contributed by atoms with van der Waals surface area (Å²) in [5.41, 5.74) is 0. The van der Waals surface area contributed by atoms with E-state index in [1.807, 2.05) is 6.07 Å². The standard InChI is InChI=1S/C12H15Br2NO2/c1-16-9-3-2-4-10(6-9)17-12-11(14)5-8(13)7-15-12/h5,7,9-10H,2-4,6H2,1H3. The van der Waals surface area contributed by atoms with Crippen LogP contribution in [-0.2, 0) is 4.74 Å². The Kier molecular flexibility index (Phi) is 4.82. The molecule has 1 aromatic heterocycles. The van der Waals surface area contributed by atoms with Crippen molar-refractivity contribution in [1.82, 2.24) is 4.98 Å². The van der Waals surface area contributed by atoms with Gasteiger partial charge in [-0.15, -0.1) is 0 Å². The third-order valence-corrected chi connectivity index (χ3v) is 3.97. The van der Waals surface area contributed by atoms with Gasteiger partial charge in [0.05, 0.1) is 10.6 Å². The van der Waals surface area contributed by atoms with Crippen LogP contribution in [0, 0.1) is 0 Å². The van der Waals surface area contributed by atoms with E-state index >= 15 is 0 Å². The summed E-state index contributed by atoms with van der Waals surface area (Å²) in [5.74, 6) is 0.662. The molecule has 2 unspecified atom stereocenters. The monoisotopic (exact) mass is 363 g/mol. The minimum Gasteiger partial charge on any atom is -0.473 e. The van der Waals surface area contributed by atoms with Crippen LogP contribution in [0.25, 0.3) is 0 Å². The maximum atomic E-state index is 5.91. The molecule has 0 aliphatic heterocycles. The van der Waals surface area contributed by atoms with E-state index in [-0.39, 0.29) is 6.10 Å². The number of hydrogen-bond acceptors (Lipinski definition) is 3. The summed E-state index contributed by atoms with van der Waals surface area (Å²) in [6, 6.07) is 1.94. The van der Waals surface area contributed by atoms with Gasteiger partial charge in [0.2, 0.25) is 5.88 Å². The highest BCUT2D eigenvalue weighted by Gasteiger charge is 2.23. The molecule has 2 atom stereocenters. The van der Waals surface area contributed by atoms with Crippen molar-refractivity contribution < 1.29 is 9.47 Å². The van der Waals surface area contributed by atoms with Crippen LogP contribution in [0.2, 0.25) is 0 Å². The van der Waals surface area contributed by atoms with Gasteiger partial charge in [0.15, 0.2) is 0 Å². The predicted octanol–water partition coefficient (Wildman–Crippen LogP) is 3.94. The Morgan fingerprint density at radius 1 is 1.29 bits per heavy atom. The summed E-state index contributed by atoms with van der Waals surface area (Å²) in [6.45, 7) is 0. The van der Waals surface area contributed by atoms with E-state index in [0.717, 1.165) is 34.6 Å². The molecular formula is C12H15Br2NO2. The Labute approximate surface area is 118 Å². The predicted molar refractivity (Wildman–Crippen MR) is 73.3 cm³/mol. The summed E-state index contributed by atoms with van der Waals surface area (Å²) < 4.78 is 13.1. The normalized spacial score (nSPS) is 24.6. The van der Waals surface area contributed by atoms with Crippen molar-refractivity contribution in [3.8, 4) is 5.88 Å². The first kappa shape index (κ1) is 13.3. The number of ether oxygens (including phenoxy) is 2. The number of hydrogen-bond donors (Lipinski definition) is 0. The molecule has 0 bridgehead atoms. The van der Waals surface area contributed by atoms with Crippen molar-refractivity contribution in [2.75, 3.05) is 7.11 Å². The highest BCUT2D eigenvalue weighted by molar-refractivity contribution is 9.11. The Hall–Kier alpha value is -0.130. The second-order valence-electron chi connectivity index (χ2n) is 4.20. The minimum atomic E-state index is 0.207. The smallest absolute Gasteiger partial charge is 0.228 e. The van der Waals surface area contributed by atoms with Gasteiger partial charge in [-0.1, -0.05) is 0 Å². The number of methoxy groups -OCH3 is 1. The van der Waals surface area contributed by atoms with Crippen LogP contribution in [0.4, 0.5) is 0 Å². The van der Waals surface area contributed by atoms with Gasteiger partial charge in [-0.3, -0.25) is 0 Å². The molecule has 1 heterocycles. The first-order valence-corrected chi connectivity index (χ1v) is 7.28. The van der Waals surface area contributed by atoms with E-state index < -0.39 is 0 Å². The maximum absolute atomic E-state index is 5.91. The average Bonchev–Trinajstić information content (AvgIpc) is 2.33. The third-order valence-electron chi connectivity index (χ3n) is 2.96. The van der Waals surface area contributed by atoms with Gasteiger partial charge in [-0.05, 0) is 57.2 Å². The van der Waals surface area contributed by atoms with Crippen molar-refractivity contribution in [3.05, 3.63) is 21.2 Å². The first-order valence-electron chi connectivity index (χ1n) is 5.69. The fourth-order valence-corrected chi connectivity index (χ4v) is 3.15.